The minimum absolute atomic E-state index is 0.257. The van der Waals surface area contributed by atoms with Gasteiger partial charge < -0.3 is 9.47 Å². The standard InChI is InChI=1S/C13H19ClO2/c1-4-11(14)7-5-10-6-8-12(15-2)13(9-10)16-3/h6,8-9,11H,4-5,7H2,1-3H3. The number of hydrogen-bond donors (Lipinski definition) is 0. The van der Waals surface area contributed by atoms with Gasteiger partial charge in [0.05, 0.1) is 14.2 Å². The summed E-state index contributed by atoms with van der Waals surface area (Å²) in [6, 6.07) is 6.00. The second kappa shape index (κ2) is 6.64. The molecule has 0 bridgehead atoms. The molecular weight excluding hydrogens is 224 g/mol. The van der Waals surface area contributed by atoms with Crippen LogP contribution in [0.1, 0.15) is 25.3 Å². The minimum Gasteiger partial charge on any atom is -0.493 e. The van der Waals surface area contributed by atoms with E-state index < -0.39 is 0 Å². The van der Waals surface area contributed by atoms with Crippen LogP contribution in [-0.4, -0.2) is 19.6 Å². The van der Waals surface area contributed by atoms with Crippen LogP contribution in [0.4, 0.5) is 0 Å². The number of halogens is 1. The molecule has 0 amide bonds. The van der Waals surface area contributed by atoms with Gasteiger partial charge in [-0.3, -0.25) is 0 Å². The fourth-order valence-corrected chi connectivity index (χ4v) is 1.67. The van der Waals surface area contributed by atoms with Crippen LogP contribution < -0.4 is 9.47 Å². The van der Waals surface area contributed by atoms with E-state index in [0.717, 1.165) is 30.8 Å². The topological polar surface area (TPSA) is 18.5 Å². The van der Waals surface area contributed by atoms with Crippen LogP contribution >= 0.6 is 11.6 Å². The minimum atomic E-state index is 0.257. The molecule has 16 heavy (non-hydrogen) atoms. The van der Waals surface area contributed by atoms with E-state index in [1.807, 2.05) is 12.1 Å². The highest BCUT2D eigenvalue weighted by Crippen LogP contribution is 2.28. The van der Waals surface area contributed by atoms with E-state index in [1.54, 1.807) is 14.2 Å². The van der Waals surface area contributed by atoms with Gasteiger partial charge in [-0.25, -0.2) is 0 Å². The van der Waals surface area contributed by atoms with Crippen molar-refractivity contribution in [3.8, 4) is 11.5 Å². The van der Waals surface area contributed by atoms with Crippen molar-refractivity contribution in [2.24, 2.45) is 0 Å². The third kappa shape index (κ3) is 3.60. The fraction of sp³-hybridized carbons (Fsp3) is 0.538. The molecular formula is C13H19ClO2. The Labute approximate surface area is 103 Å². The van der Waals surface area contributed by atoms with Gasteiger partial charge in [0.25, 0.3) is 0 Å². The largest absolute Gasteiger partial charge is 0.493 e. The van der Waals surface area contributed by atoms with Crippen molar-refractivity contribution in [1.29, 1.82) is 0 Å². The molecule has 0 fully saturated rings. The molecule has 90 valence electrons. The summed E-state index contributed by atoms with van der Waals surface area (Å²) in [4.78, 5) is 0. The van der Waals surface area contributed by atoms with E-state index in [1.165, 1.54) is 5.56 Å². The second-order valence-electron chi connectivity index (χ2n) is 3.73. The van der Waals surface area contributed by atoms with E-state index in [-0.39, 0.29) is 5.38 Å². The molecule has 0 aliphatic rings. The van der Waals surface area contributed by atoms with Crippen LogP contribution in [-0.2, 0) is 6.42 Å². The van der Waals surface area contributed by atoms with Crippen molar-refractivity contribution in [2.45, 2.75) is 31.6 Å². The normalized spacial score (nSPS) is 12.2. The summed E-state index contributed by atoms with van der Waals surface area (Å²) < 4.78 is 10.4. The maximum absolute atomic E-state index is 6.09. The van der Waals surface area contributed by atoms with Crippen LogP contribution in [0, 0.1) is 0 Å². The Morgan fingerprint density at radius 2 is 1.88 bits per heavy atom. The quantitative estimate of drug-likeness (QED) is 0.709. The lowest BCUT2D eigenvalue weighted by Crippen LogP contribution is -1.99. The highest BCUT2D eigenvalue weighted by Gasteiger charge is 2.06. The Morgan fingerprint density at radius 3 is 2.44 bits per heavy atom. The van der Waals surface area contributed by atoms with Crippen molar-refractivity contribution in [1.82, 2.24) is 0 Å². The first-order chi connectivity index (χ1) is 7.71. The molecule has 0 saturated carbocycles. The molecule has 0 N–H and O–H groups in total. The maximum atomic E-state index is 6.09. The van der Waals surface area contributed by atoms with Crippen LogP contribution in [0.3, 0.4) is 0 Å². The van der Waals surface area contributed by atoms with Gasteiger partial charge in [-0.05, 0) is 37.0 Å². The van der Waals surface area contributed by atoms with Gasteiger partial charge in [0.15, 0.2) is 11.5 Å². The smallest absolute Gasteiger partial charge is 0.160 e. The van der Waals surface area contributed by atoms with Gasteiger partial charge >= 0.3 is 0 Å². The zero-order valence-corrected chi connectivity index (χ0v) is 10.9. The van der Waals surface area contributed by atoms with Crippen LogP contribution in [0.15, 0.2) is 18.2 Å². The molecule has 0 aromatic heterocycles. The third-order valence-corrected chi connectivity index (χ3v) is 3.16. The Kier molecular flexibility index (Phi) is 5.47. The molecule has 3 heteroatoms. The van der Waals surface area contributed by atoms with Crippen molar-refractivity contribution in [2.75, 3.05) is 14.2 Å². The molecule has 0 spiro atoms. The third-order valence-electron chi connectivity index (χ3n) is 2.64. The molecule has 1 atom stereocenters. The van der Waals surface area contributed by atoms with Crippen LogP contribution in [0.2, 0.25) is 0 Å². The highest BCUT2D eigenvalue weighted by molar-refractivity contribution is 6.20. The Balaban J connectivity index is 2.67. The predicted molar refractivity (Wildman–Crippen MR) is 67.8 cm³/mol. The number of aryl methyl sites for hydroxylation is 1. The molecule has 1 aromatic carbocycles. The first-order valence-corrected chi connectivity index (χ1v) is 5.99. The van der Waals surface area contributed by atoms with Gasteiger partial charge in [0, 0.05) is 5.38 Å². The zero-order valence-electron chi connectivity index (χ0n) is 10.1. The summed E-state index contributed by atoms with van der Waals surface area (Å²) >= 11 is 6.09. The molecule has 0 aliphatic carbocycles. The van der Waals surface area contributed by atoms with Crippen molar-refractivity contribution < 1.29 is 9.47 Å². The van der Waals surface area contributed by atoms with Gasteiger partial charge in [-0.1, -0.05) is 13.0 Å². The lowest BCUT2D eigenvalue weighted by molar-refractivity contribution is 0.354. The van der Waals surface area contributed by atoms with E-state index >= 15 is 0 Å². The Bertz CT molecular complexity index is 326. The number of methoxy groups -OCH3 is 2. The monoisotopic (exact) mass is 242 g/mol. The predicted octanol–water partition coefficient (Wildman–Crippen LogP) is 3.65. The van der Waals surface area contributed by atoms with Gasteiger partial charge in [0.1, 0.15) is 0 Å². The SMILES string of the molecule is CCC(Cl)CCc1ccc(OC)c(OC)c1. The number of alkyl halides is 1. The van der Waals surface area contributed by atoms with E-state index in [9.17, 15) is 0 Å². The molecule has 1 unspecified atom stereocenters. The van der Waals surface area contributed by atoms with Crippen molar-refractivity contribution in [3.63, 3.8) is 0 Å². The van der Waals surface area contributed by atoms with Gasteiger partial charge in [-0.15, -0.1) is 11.6 Å². The number of benzene rings is 1. The molecule has 0 saturated heterocycles. The average molecular weight is 243 g/mol. The molecule has 0 heterocycles. The summed E-state index contributed by atoms with van der Waals surface area (Å²) in [6.45, 7) is 2.10. The average Bonchev–Trinajstić information content (AvgIpc) is 2.35. The first kappa shape index (κ1) is 13.2. The summed E-state index contributed by atoms with van der Waals surface area (Å²) in [7, 11) is 3.29. The summed E-state index contributed by atoms with van der Waals surface area (Å²) in [5, 5.41) is 0.257. The Morgan fingerprint density at radius 1 is 1.19 bits per heavy atom. The van der Waals surface area contributed by atoms with Gasteiger partial charge in [0.2, 0.25) is 0 Å². The molecule has 0 aliphatic heterocycles. The zero-order chi connectivity index (χ0) is 12.0. The molecule has 0 radical (unpaired) electrons. The number of hydrogen-bond acceptors (Lipinski definition) is 2. The first-order valence-electron chi connectivity index (χ1n) is 5.56. The van der Waals surface area contributed by atoms with Crippen molar-refractivity contribution >= 4 is 11.6 Å². The number of rotatable bonds is 6. The molecule has 1 aromatic rings. The van der Waals surface area contributed by atoms with Crippen LogP contribution in [0.5, 0.6) is 11.5 Å². The maximum Gasteiger partial charge on any atom is 0.160 e. The summed E-state index contributed by atoms with van der Waals surface area (Å²) in [5.41, 5.74) is 1.23. The molecule has 1 rings (SSSR count). The number of ether oxygens (including phenoxy) is 2. The lowest BCUT2D eigenvalue weighted by Gasteiger charge is -2.10. The van der Waals surface area contributed by atoms with Gasteiger partial charge in [-0.2, -0.15) is 0 Å². The fourth-order valence-electron chi connectivity index (χ4n) is 1.56. The Hall–Kier alpha value is -0.890. The van der Waals surface area contributed by atoms with E-state index in [0.29, 0.717) is 0 Å². The second-order valence-corrected chi connectivity index (χ2v) is 4.35. The van der Waals surface area contributed by atoms with Crippen molar-refractivity contribution in [3.05, 3.63) is 23.8 Å². The summed E-state index contributed by atoms with van der Waals surface area (Å²) in [6.07, 6.45) is 2.98. The highest BCUT2D eigenvalue weighted by atomic mass is 35.5. The van der Waals surface area contributed by atoms with E-state index in [4.69, 9.17) is 21.1 Å². The molecule has 2 nitrogen and oxygen atoms in total. The van der Waals surface area contributed by atoms with Crippen LogP contribution in [0.25, 0.3) is 0 Å². The summed E-state index contributed by atoms with van der Waals surface area (Å²) in [5.74, 6) is 1.55. The van der Waals surface area contributed by atoms with E-state index in [2.05, 4.69) is 13.0 Å². The lowest BCUT2D eigenvalue weighted by atomic mass is 10.1.